The van der Waals surface area contributed by atoms with Gasteiger partial charge in [0, 0.05) is 13.6 Å². The van der Waals surface area contributed by atoms with Gasteiger partial charge in [0.2, 0.25) is 11.8 Å². The number of halogens is 2. The Balaban J connectivity index is 1.69. The predicted molar refractivity (Wildman–Crippen MR) is 117 cm³/mol. The van der Waals surface area contributed by atoms with Gasteiger partial charge in [-0.25, -0.2) is 0 Å². The molecule has 4 aliphatic rings. The number of carbonyl (C=O) groups is 4. The smallest absolute Gasteiger partial charge is 0.253 e. The summed E-state index contributed by atoms with van der Waals surface area (Å²) in [6, 6.07) is 3.17. The zero-order valence-electron chi connectivity index (χ0n) is 18.2. The minimum Gasteiger partial charge on any atom is -0.463 e. The second kappa shape index (κ2) is 7.42. The summed E-state index contributed by atoms with van der Waals surface area (Å²) in [4.78, 5) is 51.5. The van der Waals surface area contributed by atoms with E-state index in [2.05, 4.69) is 0 Å². The number of amides is 4. The van der Waals surface area contributed by atoms with Gasteiger partial charge in [-0.15, -0.1) is 23.2 Å². The van der Waals surface area contributed by atoms with E-state index in [-0.39, 0.29) is 36.4 Å². The Bertz CT molecular complexity index is 1110. The zero-order valence-corrected chi connectivity index (χ0v) is 19.7. The summed E-state index contributed by atoms with van der Waals surface area (Å²) in [5.41, 5.74) is 0.678. The van der Waals surface area contributed by atoms with Gasteiger partial charge in [0.15, 0.2) is 9.75 Å². The van der Waals surface area contributed by atoms with Crippen molar-refractivity contribution < 1.29 is 28.7 Å². The molecule has 0 aromatic carbocycles. The van der Waals surface area contributed by atoms with E-state index in [1.807, 2.05) is 13.0 Å². The fourth-order valence-electron chi connectivity index (χ4n) is 6.20. The van der Waals surface area contributed by atoms with Crippen molar-refractivity contribution in [1.82, 2.24) is 9.80 Å². The van der Waals surface area contributed by atoms with Gasteiger partial charge in [-0.3, -0.25) is 29.0 Å². The molecule has 5 rings (SSSR count). The summed E-state index contributed by atoms with van der Waals surface area (Å²) in [6.45, 7) is 1.87. The average molecular weight is 495 g/mol. The highest BCUT2D eigenvalue weighted by Gasteiger charge is 2.76. The van der Waals surface area contributed by atoms with Crippen molar-refractivity contribution in [3.63, 3.8) is 0 Å². The van der Waals surface area contributed by atoms with Gasteiger partial charge in [-0.05, 0) is 37.3 Å². The van der Waals surface area contributed by atoms with Crippen LogP contribution < -0.4 is 0 Å². The number of rotatable bonds is 4. The van der Waals surface area contributed by atoms with Gasteiger partial charge in [0.05, 0.1) is 17.8 Å². The van der Waals surface area contributed by atoms with Crippen LogP contribution in [-0.2, 0) is 25.8 Å². The quantitative estimate of drug-likeness (QED) is 0.390. The lowest BCUT2D eigenvalue weighted by molar-refractivity contribution is -0.141. The Morgan fingerprint density at radius 3 is 2.48 bits per heavy atom. The molecule has 2 aliphatic carbocycles. The Morgan fingerprint density at radius 1 is 1.12 bits per heavy atom. The molecule has 2 saturated heterocycles. The van der Waals surface area contributed by atoms with E-state index in [1.54, 1.807) is 12.1 Å². The first-order valence-corrected chi connectivity index (χ1v) is 11.8. The van der Waals surface area contributed by atoms with Gasteiger partial charge in [-0.1, -0.05) is 18.6 Å². The molecule has 1 N–H and O–H groups in total. The summed E-state index contributed by atoms with van der Waals surface area (Å²) in [5.74, 6) is -3.89. The molecule has 3 fully saturated rings. The second-order valence-electron chi connectivity index (χ2n) is 9.29. The molecule has 10 heteroatoms. The predicted octanol–water partition coefficient (Wildman–Crippen LogP) is 2.17. The molecule has 4 amide bonds. The maximum absolute atomic E-state index is 13.4. The van der Waals surface area contributed by atoms with Crippen LogP contribution in [0.2, 0.25) is 0 Å². The highest BCUT2D eigenvalue weighted by atomic mass is 35.5. The standard InChI is InChI=1S/C23H24Cl2N2O6/c1-3-8-27-18(29)13-6-5-12-14(16(13)19(27)30)9-22(24)20(31)26(2)21(32)23(22,25)17(12)15-7-4-11(10-28)33-15/h4-5,7,13-14,16-17,28H,3,6,8-10H2,1-2H3. The number of fused-ring (bicyclic) bond motifs is 4. The summed E-state index contributed by atoms with van der Waals surface area (Å²) in [7, 11) is 1.34. The number of allylic oxidation sites excluding steroid dienone is 2. The SMILES string of the molecule is CCCN1C(=O)C2CC=C3C(CC4(Cl)C(=O)N(C)C(=O)C4(Cl)C3c3ccc(CO)o3)C2C1=O. The molecule has 8 nitrogen and oxygen atoms in total. The Kier molecular flexibility index (Phi) is 5.09. The molecule has 1 aromatic rings. The first-order chi connectivity index (χ1) is 15.6. The van der Waals surface area contributed by atoms with Crippen molar-refractivity contribution >= 4 is 46.8 Å². The van der Waals surface area contributed by atoms with E-state index in [1.165, 1.54) is 11.9 Å². The van der Waals surface area contributed by atoms with Crippen molar-refractivity contribution in [3.05, 3.63) is 35.3 Å². The van der Waals surface area contributed by atoms with Crippen LogP contribution in [0.3, 0.4) is 0 Å². The van der Waals surface area contributed by atoms with Crippen LogP contribution in [0.1, 0.15) is 43.6 Å². The second-order valence-corrected chi connectivity index (χ2v) is 10.5. The lowest BCUT2D eigenvalue weighted by atomic mass is 9.57. The molecular weight excluding hydrogens is 471 g/mol. The third kappa shape index (κ3) is 2.68. The molecule has 6 atom stereocenters. The largest absolute Gasteiger partial charge is 0.463 e. The lowest BCUT2D eigenvalue weighted by Crippen LogP contribution is -2.60. The molecule has 1 saturated carbocycles. The molecule has 0 radical (unpaired) electrons. The fourth-order valence-corrected chi connectivity index (χ4v) is 7.20. The molecule has 3 heterocycles. The summed E-state index contributed by atoms with van der Waals surface area (Å²) >= 11 is 14.0. The maximum Gasteiger partial charge on any atom is 0.253 e. The highest BCUT2D eigenvalue weighted by Crippen LogP contribution is 2.65. The van der Waals surface area contributed by atoms with Crippen LogP contribution in [0.4, 0.5) is 0 Å². The number of imide groups is 2. The normalized spacial score (nSPS) is 37.9. The van der Waals surface area contributed by atoms with Crippen molar-refractivity contribution in [2.24, 2.45) is 17.8 Å². The van der Waals surface area contributed by atoms with E-state index in [0.29, 0.717) is 25.0 Å². The molecule has 6 unspecified atom stereocenters. The first-order valence-electron chi connectivity index (χ1n) is 11.1. The lowest BCUT2D eigenvalue weighted by Gasteiger charge is -2.49. The molecule has 176 valence electrons. The average Bonchev–Trinajstić information content (AvgIpc) is 3.40. The molecular formula is C23H24Cl2N2O6. The third-order valence-electron chi connectivity index (χ3n) is 7.68. The molecule has 2 aliphatic heterocycles. The number of furan rings is 1. The zero-order chi connectivity index (χ0) is 23.9. The van der Waals surface area contributed by atoms with Crippen molar-refractivity contribution in [1.29, 1.82) is 0 Å². The minimum absolute atomic E-state index is 0.0387. The van der Waals surface area contributed by atoms with E-state index < -0.39 is 45.2 Å². The van der Waals surface area contributed by atoms with Gasteiger partial charge in [0.25, 0.3) is 11.8 Å². The number of hydrogen-bond acceptors (Lipinski definition) is 6. The topological polar surface area (TPSA) is 108 Å². The van der Waals surface area contributed by atoms with E-state index >= 15 is 0 Å². The van der Waals surface area contributed by atoms with Gasteiger partial charge in [-0.2, -0.15) is 0 Å². The summed E-state index contributed by atoms with van der Waals surface area (Å²) in [5, 5.41) is 9.50. The number of hydrogen-bond donors (Lipinski definition) is 1. The number of aliphatic hydroxyl groups is 1. The summed E-state index contributed by atoms with van der Waals surface area (Å²) in [6.07, 6.45) is 2.78. The fraction of sp³-hybridized carbons (Fsp3) is 0.565. The number of aliphatic hydroxyl groups excluding tert-OH is 1. The minimum atomic E-state index is -1.87. The highest BCUT2D eigenvalue weighted by molar-refractivity contribution is 6.53. The van der Waals surface area contributed by atoms with E-state index in [0.717, 1.165) is 4.90 Å². The van der Waals surface area contributed by atoms with E-state index in [9.17, 15) is 24.3 Å². The van der Waals surface area contributed by atoms with Crippen LogP contribution in [0, 0.1) is 17.8 Å². The van der Waals surface area contributed by atoms with E-state index in [4.69, 9.17) is 27.6 Å². The van der Waals surface area contributed by atoms with Crippen LogP contribution in [0.5, 0.6) is 0 Å². The van der Waals surface area contributed by atoms with Gasteiger partial charge in [0.1, 0.15) is 18.1 Å². The van der Waals surface area contributed by atoms with Crippen molar-refractivity contribution in [3.8, 4) is 0 Å². The molecule has 33 heavy (non-hydrogen) atoms. The molecule has 0 spiro atoms. The Hall–Kier alpha value is -2.16. The monoisotopic (exact) mass is 494 g/mol. The number of likely N-dealkylation sites (tertiary alicyclic amines) is 2. The first kappa shape index (κ1) is 22.6. The van der Waals surface area contributed by atoms with Crippen LogP contribution in [-0.4, -0.2) is 61.9 Å². The van der Waals surface area contributed by atoms with Crippen LogP contribution in [0.15, 0.2) is 28.2 Å². The number of alkyl halides is 2. The summed E-state index contributed by atoms with van der Waals surface area (Å²) < 4.78 is 5.80. The maximum atomic E-state index is 13.4. The third-order valence-corrected chi connectivity index (χ3v) is 9.09. The number of carbonyl (C=O) groups excluding carboxylic acids is 4. The Labute approximate surface area is 200 Å². The molecule has 1 aromatic heterocycles. The van der Waals surface area contributed by atoms with Crippen molar-refractivity contribution in [2.45, 2.75) is 48.5 Å². The number of nitrogens with zero attached hydrogens (tertiary/aromatic N) is 2. The Morgan fingerprint density at radius 2 is 1.85 bits per heavy atom. The van der Waals surface area contributed by atoms with Crippen LogP contribution >= 0.6 is 23.2 Å². The molecule has 0 bridgehead atoms. The van der Waals surface area contributed by atoms with Gasteiger partial charge < -0.3 is 9.52 Å². The van der Waals surface area contributed by atoms with Gasteiger partial charge >= 0.3 is 0 Å². The van der Waals surface area contributed by atoms with Crippen LogP contribution in [0.25, 0.3) is 0 Å². The van der Waals surface area contributed by atoms with Crippen molar-refractivity contribution in [2.75, 3.05) is 13.6 Å².